The van der Waals surface area contributed by atoms with Crippen molar-refractivity contribution < 1.29 is 9.53 Å². The van der Waals surface area contributed by atoms with Crippen molar-refractivity contribution in [3.05, 3.63) is 42.2 Å². The van der Waals surface area contributed by atoms with Gasteiger partial charge >= 0.3 is 0 Å². The van der Waals surface area contributed by atoms with Crippen LogP contribution in [0.15, 0.2) is 36.5 Å². The zero-order chi connectivity index (χ0) is 16.8. The average Bonchev–Trinajstić information content (AvgIpc) is 2.91. The maximum atomic E-state index is 12.7. The SMILES string of the molecule is COc1ccccc1Nc1nccc(C(=O)N2CCCCCC2)n1. The lowest BCUT2D eigenvalue weighted by Gasteiger charge is -2.19. The van der Waals surface area contributed by atoms with Gasteiger partial charge in [-0.15, -0.1) is 0 Å². The number of methoxy groups -OCH3 is 1. The normalized spacial score (nSPS) is 14.8. The zero-order valence-electron chi connectivity index (χ0n) is 13.9. The Balaban J connectivity index is 1.77. The smallest absolute Gasteiger partial charge is 0.272 e. The molecule has 1 aliphatic heterocycles. The van der Waals surface area contributed by atoms with Gasteiger partial charge in [0.25, 0.3) is 5.91 Å². The van der Waals surface area contributed by atoms with E-state index in [0.717, 1.165) is 31.6 Å². The van der Waals surface area contributed by atoms with Crippen LogP contribution in [0.1, 0.15) is 36.2 Å². The molecule has 24 heavy (non-hydrogen) atoms. The Labute approximate surface area is 141 Å². The number of ether oxygens (including phenoxy) is 1. The molecule has 0 bridgehead atoms. The second-order valence-corrected chi connectivity index (χ2v) is 5.80. The molecular weight excluding hydrogens is 304 g/mol. The number of aromatic nitrogens is 2. The van der Waals surface area contributed by atoms with Gasteiger partial charge in [0.15, 0.2) is 0 Å². The van der Waals surface area contributed by atoms with Gasteiger partial charge in [0.1, 0.15) is 11.4 Å². The molecule has 6 heteroatoms. The van der Waals surface area contributed by atoms with Gasteiger partial charge < -0.3 is 15.0 Å². The van der Waals surface area contributed by atoms with E-state index in [9.17, 15) is 4.79 Å². The topological polar surface area (TPSA) is 67.3 Å². The summed E-state index contributed by atoms with van der Waals surface area (Å²) in [6, 6.07) is 9.20. The van der Waals surface area contributed by atoms with E-state index in [1.54, 1.807) is 19.4 Å². The minimum absolute atomic E-state index is 0.0256. The Morgan fingerprint density at radius 1 is 1.12 bits per heavy atom. The quantitative estimate of drug-likeness (QED) is 0.934. The van der Waals surface area contributed by atoms with E-state index < -0.39 is 0 Å². The maximum absolute atomic E-state index is 12.7. The van der Waals surface area contributed by atoms with Crippen LogP contribution < -0.4 is 10.1 Å². The molecule has 0 spiro atoms. The number of benzene rings is 1. The largest absolute Gasteiger partial charge is 0.495 e. The highest BCUT2D eigenvalue weighted by molar-refractivity contribution is 5.92. The van der Waals surface area contributed by atoms with Crippen molar-refractivity contribution in [1.29, 1.82) is 0 Å². The molecule has 0 aliphatic carbocycles. The first-order valence-corrected chi connectivity index (χ1v) is 8.30. The summed E-state index contributed by atoms with van der Waals surface area (Å²) in [4.78, 5) is 23.1. The average molecular weight is 326 g/mol. The van der Waals surface area contributed by atoms with Crippen LogP contribution in [0.5, 0.6) is 5.75 Å². The van der Waals surface area contributed by atoms with Crippen LogP contribution in [-0.4, -0.2) is 41.0 Å². The predicted molar refractivity (Wildman–Crippen MR) is 92.7 cm³/mol. The van der Waals surface area contributed by atoms with Crippen molar-refractivity contribution in [2.45, 2.75) is 25.7 Å². The first-order valence-electron chi connectivity index (χ1n) is 8.30. The molecule has 1 aliphatic rings. The van der Waals surface area contributed by atoms with Crippen LogP contribution in [0, 0.1) is 0 Å². The minimum Gasteiger partial charge on any atom is -0.495 e. The molecule has 126 valence electrons. The van der Waals surface area contributed by atoms with E-state index in [1.165, 1.54) is 12.8 Å². The summed E-state index contributed by atoms with van der Waals surface area (Å²) in [5, 5.41) is 3.12. The minimum atomic E-state index is -0.0256. The van der Waals surface area contributed by atoms with Crippen molar-refractivity contribution in [3.63, 3.8) is 0 Å². The Hall–Kier alpha value is -2.63. The number of hydrogen-bond donors (Lipinski definition) is 1. The number of nitrogens with one attached hydrogen (secondary N) is 1. The van der Waals surface area contributed by atoms with E-state index in [2.05, 4.69) is 15.3 Å². The second kappa shape index (κ2) is 7.77. The van der Waals surface area contributed by atoms with Gasteiger partial charge in [-0.05, 0) is 31.0 Å². The highest BCUT2D eigenvalue weighted by Gasteiger charge is 2.19. The molecule has 1 N–H and O–H groups in total. The summed E-state index contributed by atoms with van der Waals surface area (Å²) >= 11 is 0. The van der Waals surface area contributed by atoms with E-state index in [4.69, 9.17) is 4.74 Å². The van der Waals surface area contributed by atoms with Crippen LogP contribution in [-0.2, 0) is 0 Å². The molecule has 1 aromatic heterocycles. The molecule has 2 heterocycles. The summed E-state index contributed by atoms with van der Waals surface area (Å²) < 4.78 is 5.31. The van der Waals surface area contributed by atoms with Crippen LogP contribution in [0.4, 0.5) is 11.6 Å². The number of para-hydroxylation sites is 2. The van der Waals surface area contributed by atoms with E-state index >= 15 is 0 Å². The highest BCUT2D eigenvalue weighted by Crippen LogP contribution is 2.25. The van der Waals surface area contributed by atoms with Crippen LogP contribution in [0.25, 0.3) is 0 Å². The van der Waals surface area contributed by atoms with Crippen molar-refractivity contribution in [2.75, 3.05) is 25.5 Å². The van der Waals surface area contributed by atoms with Gasteiger partial charge in [0.2, 0.25) is 5.95 Å². The second-order valence-electron chi connectivity index (χ2n) is 5.80. The van der Waals surface area contributed by atoms with Gasteiger partial charge in [-0.3, -0.25) is 4.79 Å². The van der Waals surface area contributed by atoms with Crippen LogP contribution in [0.2, 0.25) is 0 Å². The first kappa shape index (κ1) is 16.2. The molecule has 0 radical (unpaired) electrons. The van der Waals surface area contributed by atoms with Gasteiger partial charge in [-0.1, -0.05) is 25.0 Å². The fourth-order valence-electron chi connectivity index (χ4n) is 2.84. The third kappa shape index (κ3) is 3.82. The summed E-state index contributed by atoms with van der Waals surface area (Å²) in [5.41, 5.74) is 1.18. The number of carbonyl (C=O) groups excluding carboxylic acids is 1. The number of nitrogens with zero attached hydrogens (tertiary/aromatic N) is 3. The van der Waals surface area contributed by atoms with Gasteiger partial charge in [-0.25, -0.2) is 9.97 Å². The molecule has 1 fully saturated rings. The molecule has 0 saturated carbocycles. The van der Waals surface area contributed by atoms with E-state index in [0.29, 0.717) is 17.4 Å². The predicted octanol–water partition coefficient (Wildman–Crippen LogP) is 3.25. The van der Waals surface area contributed by atoms with Crippen molar-refractivity contribution in [2.24, 2.45) is 0 Å². The fourth-order valence-corrected chi connectivity index (χ4v) is 2.84. The summed E-state index contributed by atoms with van der Waals surface area (Å²) in [5.74, 6) is 1.06. The summed E-state index contributed by atoms with van der Waals surface area (Å²) in [6.07, 6.45) is 6.10. The van der Waals surface area contributed by atoms with Gasteiger partial charge in [0.05, 0.1) is 12.8 Å². The number of hydrogen-bond acceptors (Lipinski definition) is 5. The maximum Gasteiger partial charge on any atom is 0.272 e. The number of amides is 1. The van der Waals surface area contributed by atoms with Crippen molar-refractivity contribution in [3.8, 4) is 5.75 Å². The van der Waals surface area contributed by atoms with Gasteiger partial charge in [0, 0.05) is 19.3 Å². The lowest BCUT2D eigenvalue weighted by Crippen LogP contribution is -2.32. The fraction of sp³-hybridized carbons (Fsp3) is 0.389. The Morgan fingerprint density at radius 2 is 1.88 bits per heavy atom. The lowest BCUT2D eigenvalue weighted by molar-refractivity contribution is 0.0755. The number of likely N-dealkylation sites (tertiary alicyclic amines) is 1. The van der Waals surface area contributed by atoms with Crippen LogP contribution >= 0.6 is 0 Å². The third-order valence-electron chi connectivity index (χ3n) is 4.12. The monoisotopic (exact) mass is 326 g/mol. The third-order valence-corrected chi connectivity index (χ3v) is 4.12. The van der Waals surface area contributed by atoms with E-state index in [1.807, 2.05) is 29.2 Å². The highest BCUT2D eigenvalue weighted by atomic mass is 16.5. The van der Waals surface area contributed by atoms with Crippen LogP contribution in [0.3, 0.4) is 0 Å². The van der Waals surface area contributed by atoms with Crippen molar-refractivity contribution >= 4 is 17.5 Å². The molecule has 1 aromatic carbocycles. The molecule has 1 saturated heterocycles. The molecule has 0 atom stereocenters. The summed E-state index contributed by atoms with van der Waals surface area (Å²) in [6.45, 7) is 1.61. The Bertz CT molecular complexity index is 697. The number of rotatable bonds is 4. The lowest BCUT2D eigenvalue weighted by atomic mass is 10.2. The first-order chi connectivity index (χ1) is 11.8. The molecule has 1 amide bonds. The molecule has 6 nitrogen and oxygen atoms in total. The molecule has 0 unspecified atom stereocenters. The number of anilines is 2. The van der Waals surface area contributed by atoms with Crippen molar-refractivity contribution in [1.82, 2.24) is 14.9 Å². The molecular formula is C18H22N4O2. The molecule has 2 aromatic rings. The number of carbonyl (C=O) groups is 1. The standard InChI is InChI=1S/C18H22N4O2/c1-24-16-9-5-4-8-14(16)20-18-19-11-10-15(21-18)17(23)22-12-6-2-3-7-13-22/h4-5,8-11H,2-3,6-7,12-13H2,1H3,(H,19,20,21). The zero-order valence-corrected chi connectivity index (χ0v) is 13.9. The van der Waals surface area contributed by atoms with E-state index in [-0.39, 0.29) is 5.91 Å². The molecule has 3 rings (SSSR count). The Kier molecular flexibility index (Phi) is 5.25. The Morgan fingerprint density at radius 3 is 2.62 bits per heavy atom. The van der Waals surface area contributed by atoms with Gasteiger partial charge in [-0.2, -0.15) is 0 Å². The summed E-state index contributed by atoms with van der Waals surface area (Å²) in [7, 11) is 1.61.